The second-order valence-electron chi connectivity index (χ2n) is 4.85. The minimum Gasteiger partial charge on any atom is -0.479 e. The van der Waals surface area contributed by atoms with E-state index in [0.717, 1.165) is 0 Å². The summed E-state index contributed by atoms with van der Waals surface area (Å²) in [6.07, 6.45) is 0.445. The quantitative estimate of drug-likeness (QED) is 0.832. The standard InChI is InChI=1S/C15H16FN3O4/c1-9-7-10(16)3-4-12(9)19-6-5-11(18-19)14(20)17-8-13(23-2)15(21)22/h3-7,13H,8H2,1-2H3,(H,17,20)(H,21,22). The molecule has 0 fully saturated rings. The van der Waals surface area contributed by atoms with Crippen LogP contribution in [0.25, 0.3) is 5.69 Å². The Balaban J connectivity index is 2.09. The van der Waals surface area contributed by atoms with Gasteiger partial charge in [-0.15, -0.1) is 0 Å². The van der Waals surface area contributed by atoms with Gasteiger partial charge in [0.05, 0.1) is 12.2 Å². The molecule has 2 aromatic rings. The molecule has 1 amide bonds. The molecule has 0 saturated heterocycles. The van der Waals surface area contributed by atoms with E-state index in [4.69, 9.17) is 9.84 Å². The average Bonchev–Trinajstić information content (AvgIpc) is 2.97. The number of amides is 1. The van der Waals surface area contributed by atoms with E-state index in [1.807, 2.05) is 0 Å². The van der Waals surface area contributed by atoms with Gasteiger partial charge in [0.2, 0.25) is 0 Å². The lowest BCUT2D eigenvalue weighted by molar-refractivity contribution is -0.148. The van der Waals surface area contributed by atoms with Gasteiger partial charge in [-0.2, -0.15) is 5.10 Å². The molecule has 7 nitrogen and oxygen atoms in total. The highest BCUT2D eigenvalue weighted by Crippen LogP contribution is 2.14. The van der Waals surface area contributed by atoms with Crippen molar-refractivity contribution in [3.8, 4) is 5.69 Å². The fraction of sp³-hybridized carbons (Fsp3) is 0.267. The van der Waals surface area contributed by atoms with E-state index in [9.17, 15) is 14.0 Å². The molecule has 0 radical (unpaired) electrons. The summed E-state index contributed by atoms with van der Waals surface area (Å²) in [5, 5.41) is 15.4. The molecule has 1 atom stereocenters. The van der Waals surface area contributed by atoms with Crippen molar-refractivity contribution in [2.45, 2.75) is 13.0 Å². The first kappa shape index (κ1) is 16.6. The van der Waals surface area contributed by atoms with Gasteiger partial charge >= 0.3 is 5.97 Å². The number of methoxy groups -OCH3 is 1. The van der Waals surface area contributed by atoms with Crippen LogP contribution in [0.4, 0.5) is 4.39 Å². The fourth-order valence-corrected chi connectivity index (χ4v) is 2.00. The van der Waals surface area contributed by atoms with Crippen LogP contribution in [-0.4, -0.2) is 46.5 Å². The van der Waals surface area contributed by atoms with E-state index < -0.39 is 18.0 Å². The highest BCUT2D eigenvalue weighted by atomic mass is 19.1. The predicted octanol–water partition coefficient (Wildman–Crippen LogP) is 1.15. The zero-order valence-electron chi connectivity index (χ0n) is 12.6. The summed E-state index contributed by atoms with van der Waals surface area (Å²) >= 11 is 0. The summed E-state index contributed by atoms with van der Waals surface area (Å²) in [4.78, 5) is 22.8. The minimum absolute atomic E-state index is 0.119. The van der Waals surface area contributed by atoms with Gasteiger partial charge in [-0.25, -0.2) is 13.9 Å². The van der Waals surface area contributed by atoms with Gasteiger partial charge in [0.1, 0.15) is 5.82 Å². The van der Waals surface area contributed by atoms with E-state index in [1.165, 1.54) is 30.0 Å². The van der Waals surface area contributed by atoms with Gasteiger partial charge in [-0.1, -0.05) is 0 Å². The maximum atomic E-state index is 13.1. The number of nitrogens with one attached hydrogen (secondary N) is 1. The highest BCUT2D eigenvalue weighted by molar-refractivity contribution is 5.92. The van der Waals surface area contributed by atoms with E-state index in [2.05, 4.69) is 10.4 Å². The van der Waals surface area contributed by atoms with Crippen LogP contribution in [0, 0.1) is 12.7 Å². The van der Waals surface area contributed by atoms with Crippen LogP contribution in [0.3, 0.4) is 0 Å². The van der Waals surface area contributed by atoms with Crippen molar-refractivity contribution < 1.29 is 23.8 Å². The first-order valence-electron chi connectivity index (χ1n) is 6.78. The molecule has 1 aromatic heterocycles. The molecule has 0 aliphatic heterocycles. The molecule has 1 unspecified atom stereocenters. The third-order valence-corrected chi connectivity index (χ3v) is 3.24. The van der Waals surface area contributed by atoms with Crippen LogP contribution < -0.4 is 5.32 Å². The van der Waals surface area contributed by atoms with Crippen LogP contribution in [0.5, 0.6) is 0 Å². The van der Waals surface area contributed by atoms with Gasteiger partial charge in [0.25, 0.3) is 5.91 Å². The molecular formula is C15H16FN3O4. The Hall–Kier alpha value is -2.74. The molecule has 1 aromatic carbocycles. The number of carboxylic acid groups (broad SMARTS) is 1. The molecule has 0 aliphatic rings. The Morgan fingerprint density at radius 3 is 2.78 bits per heavy atom. The summed E-state index contributed by atoms with van der Waals surface area (Å²) < 4.78 is 19.3. The number of aliphatic carboxylic acids is 1. The Bertz CT molecular complexity index is 729. The minimum atomic E-state index is -1.17. The van der Waals surface area contributed by atoms with E-state index >= 15 is 0 Å². The number of hydrogen-bond donors (Lipinski definition) is 2. The number of carbonyl (C=O) groups excluding carboxylic acids is 1. The molecule has 8 heteroatoms. The number of benzene rings is 1. The molecule has 0 bridgehead atoms. The van der Waals surface area contributed by atoms with Gasteiger partial charge in [0.15, 0.2) is 11.8 Å². The highest BCUT2D eigenvalue weighted by Gasteiger charge is 2.18. The Morgan fingerprint density at radius 2 is 2.17 bits per heavy atom. The summed E-state index contributed by atoms with van der Waals surface area (Å²) in [7, 11) is 1.25. The maximum absolute atomic E-state index is 13.1. The van der Waals surface area contributed by atoms with Crippen molar-refractivity contribution in [1.82, 2.24) is 15.1 Å². The first-order chi connectivity index (χ1) is 10.9. The SMILES string of the molecule is COC(CNC(=O)c1ccn(-c2ccc(F)cc2C)n1)C(=O)O. The average molecular weight is 321 g/mol. The third kappa shape index (κ3) is 3.92. The van der Waals surface area contributed by atoms with E-state index in [-0.39, 0.29) is 18.1 Å². The molecular weight excluding hydrogens is 305 g/mol. The number of carbonyl (C=O) groups is 2. The fourth-order valence-electron chi connectivity index (χ4n) is 2.00. The monoisotopic (exact) mass is 321 g/mol. The predicted molar refractivity (Wildman–Crippen MR) is 79.0 cm³/mol. The summed E-state index contributed by atoms with van der Waals surface area (Å²) in [5.74, 6) is -2.04. The van der Waals surface area contributed by atoms with Crippen molar-refractivity contribution in [3.05, 3.63) is 47.5 Å². The molecule has 2 rings (SSSR count). The van der Waals surface area contributed by atoms with Crippen LogP contribution in [0.1, 0.15) is 16.1 Å². The smallest absolute Gasteiger partial charge is 0.334 e. The van der Waals surface area contributed by atoms with E-state index in [1.54, 1.807) is 19.2 Å². The number of hydrogen-bond acceptors (Lipinski definition) is 4. The number of aromatic nitrogens is 2. The number of rotatable bonds is 6. The Kier molecular flexibility index (Phi) is 5.07. The zero-order chi connectivity index (χ0) is 17.0. The molecule has 23 heavy (non-hydrogen) atoms. The van der Waals surface area contributed by atoms with E-state index in [0.29, 0.717) is 11.3 Å². The van der Waals surface area contributed by atoms with Crippen LogP contribution >= 0.6 is 0 Å². The molecule has 122 valence electrons. The second kappa shape index (κ2) is 7.01. The summed E-state index contributed by atoms with van der Waals surface area (Å²) in [6.45, 7) is 1.56. The topological polar surface area (TPSA) is 93.5 Å². The number of halogens is 1. The Morgan fingerprint density at radius 1 is 1.43 bits per heavy atom. The largest absolute Gasteiger partial charge is 0.479 e. The van der Waals surface area contributed by atoms with Crippen LogP contribution in [-0.2, 0) is 9.53 Å². The van der Waals surface area contributed by atoms with Gasteiger partial charge < -0.3 is 15.2 Å². The lowest BCUT2D eigenvalue weighted by Gasteiger charge is -2.10. The molecule has 0 spiro atoms. The van der Waals surface area contributed by atoms with Gasteiger partial charge in [-0.05, 0) is 36.8 Å². The Labute approximate surface area is 131 Å². The van der Waals surface area contributed by atoms with Crippen LogP contribution in [0.15, 0.2) is 30.5 Å². The van der Waals surface area contributed by atoms with Crippen molar-refractivity contribution >= 4 is 11.9 Å². The molecule has 2 N–H and O–H groups in total. The number of nitrogens with zero attached hydrogens (tertiary/aromatic N) is 2. The number of ether oxygens (including phenoxy) is 1. The first-order valence-corrected chi connectivity index (χ1v) is 6.78. The third-order valence-electron chi connectivity index (χ3n) is 3.24. The van der Waals surface area contributed by atoms with Crippen molar-refractivity contribution in [1.29, 1.82) is 0 Å². The zero-order valence-corrected chi connectivity index (χ0v) is 12.6. The van der Waals surface area contributed by atoms with Gasteiger partial charge in [0, 0.05) is 13.3 Å². The molecule has 0 saturated carbocycles. The normalized spacial score (nSPS) is 12.0. The molecule has 1 heterocycles. The van der Waals surface area contributed by atoms with Crippen LogP contribution in [0.2, 0.25) is 0 Å². The molecule has 0 aliphatic carbocycles. The second-order valence-corrected chi connectivity index (χ2v) is 4.85. The summed E-state index contributed by atoms with van der Waals surface area (Å²) in [6, 6.07) is 5.72. The van der Waals surface area contributed by atoms with Gasteiger partial charge in [-0.3, -0.25) is 4.79 Å². The van der Waals surface area contributed by atoms with Crippen molar-refractivity contribution in [2.75, 3.05) is 13.7 Å². The maximum Gasteiger partial charge on any atom is 0.334 e. The van der Waals surface area contributed by atoms with Crippen molar-refractivity contribution in [3.63, 3.8) is 0 Å². The summed E-state index contributed by atoms with van der Waals surface area (Å²) in [5.41, 5.74) is 1.44. The number of carboxylic acids is 1. The van der Waals surface area contributed by atoms with Crippen molar-refractivity contribution in [2.24, 2.45) is 0 Å². The number of aryl methyl sites for hydroxylation is 1. The lowest BCUT2D eigenvalue weighted by Crippen LogP contribution is -2.38. The lowest BCUT2D eigenvalue weighted by atomic mass is 10.2.